The summed E-state index contributed by atoms with van der Waals surface area (Å²) in [7, 11) is 1.64. The van der Waals surface area contributed by atoms with E-state index in [0.717, 1.165) is 36.3 Å². The molecule has 4 nitrogen and oxygen atoms in total. The summed E-state index contributed by atoms with van der Waals surface area (Å²) in [5.74, 6) is 0.0893. The van der Waals surface area contributed by atoms with Crippen LogP contribution in [0.15, 0.2) is 66.7 Å². The van der Waals surface area contributed by atoms with Gasteiger partial charge in [-0.2, -0.15) is 0 Å². The molecule has 0 aromatic heterocycles. The Morgan fingerprint density at radius 3 is 2.44 bits per heavy atom. The first-order valence-corrected chi connectivity index (χ1v) is 12.3. The summed E-state index contributed by atoms with van der Waals surface area (Å²) in [5.41, 5.74) is 3.28. The molecule has 2 aliphatic carbocycles. The number of hydrogen-bond donors (Lipinski definition) is 2. The van der Waals surface area contributed by atoms with Crippen LogP contribution in [0.2, 0.25) is 10.0 Å². The van der Waals surface area contributed by atoms with E-state index in [1.165, 1.54) is 11.1 Å². The third kappa shape index (κ3) is 3.83. The standard InChI is InChI=1S/C28H27Cl2NO3/c1-34-21-9-10-22(25(30)17-21)24-15-18-5-2-3-8-23(18)27(24)11-13-28(14-12-27,26(32)33)31-20-7-4-6-19(29)16-20/h2-10,16-17,24,31H,11-15H2,1H3,(H,32,33)/t24-,27?,28?/m1/s1. The van der Waals surface area contributed by atoms with Crippen molar-refractivity contribution in [2.24, 2.45) is 0 Å². The molecule has 3 aromatic carbocycles. The van der Waals surface area contributed by atoms with Crippen LogP contribution in [0.4, 0.5) is 5.69 Å². The fraction of sp³-hybridized carbons (Fsp3) is 0.321. The first-order chi connectivity index (χ1) is 16.4. The van der Waals surface area contributed by atoms with Crippen molar-refractivity contribution in [3.8, 4) is 5.75 Å². The Kier molecular flexibility index (Phi) is 5.99. The highest BCUT2D eigenvalue weighted by Crippen LogP contribution is 2.58. The van der Waals surface area contributed by atoms with Gasteiger partial charge >= 0.3 is 5.97 Å². The number of nitrogens with one attached hydrogen (secondary N) is 1. The molecule has 6 heteroatoms. The Morgan fingerprint density at radius 1 is 1.00 bits per heavy atom. The van der Waals surface area contributed by atoms with E-state index >= 15 is 0 Å². The molecule has 34 heavy (non-hydrogen) atoms. The van der Waals surface area contributed by atoms with Gasteiger partial charge in [0, 0.05) is 21.1 Å². The number of fused-ring (bicyclic) bond motifs is 2. The van der Waals surface area contributed by atoms with Gasteiger partial charge in [0.1, 0.15) is 11.3 Å². The molecular weight excluding hydrogens is 469 g/mol. The molecule has 1 fully saturated rings. The summed E-state index contributed by atoms with van der Waals surface area (Å²) in [4.78, 5) is 12.6. The number of benzene rings is 3. The largest absolute Gasteiger partial charge is 0.497 e. The normalized spacial score (nSPS) is 25.7. The molecule has 2 N–H and O–H groups in total. The monoisotopic (exact) mass is 495 g/mol. The number of aliphatic carboxylic acids is 1. The second-order valence-corrected chi connectivity index (χ2v) is 10.3. The fourth-order valence-electron chi connectivity index (χ4n) is 6.09. The van der Waals surface area contributed by atoms with Crippen LogP contribution < -0.4 is 10.1 Å². The fourth-order valence-corrected chi connectivity index (χ4v) is 6.58. The van der Waals surface area contributed by atoms with E-state index in [0.29, 0.717) is 22.9 Å². The number of halogens is 2. The molecule has 0 aliphatic heterocycles. The van der Waals surface area contributed by atoms with Crippen molar-refractivity contribution in [3.63, 3.8) is 0 Å². The van der Waals surface area contributed by atoms with Gasteiger partial charge < -0.3 is 15.2 Å². The molecule has 2 aliphatic rings. The van der Waals surface area contributed by atoms with Gasteiger partial charge in [-0.05, 0) is 85.0 Å². The molecule has 176 valence electrons. The molecule has 0 amide bonds. The number of carboxylic acids is 1. The first-order valence-electron chi connectivity index (χ1n) is 11.6. The molecule has 0 heterocycles. The maximum absolute atomic E-state index is 12.6. The third-order valence-corrected chi connectivity index (χ3v) is 8.40. The van der Waals surface area contributed by atoms with Crippen molar-refractivity contribution in [1.82, 2.24) is 0 Å². The average molecular weight is 496 g/mol. The highest BCUT2D eigenvalue weighted by Gasteiger charge is 2.54. The minimum Gasteiger partial charge on any atom is -0.497 e. The molecule has 1 atom stereocenters. The minimum atomic E-state index is -1.04. The van der Waals surface area contributed by atoms with E-state index < -0.39 is 11.5 Å². The lowest BCUT2D eigenvalue weighted by Crippen LogP contribution is -2.52. The Labute approximate surface area is 209 Å². The Morgan fingerprint density at radius 2 is 1.76 bits per heavy atom. The molecule has 1 saturated carbocycles. The van der Waals surface area contributed by atoms with Crippen LogP contribution in [-0.2, 0) is 16.6 Å². The lowest BCUT2D eigenvalue weighted by atomic mass is 9.59. The minimum absolute atomic E-state index is 0.163. The third-order valence-electron chi connectivity index (χ3n) is 7.84. The highest BCUT2D eigenvalue weighted by atomic mass is 35.5. The van der Waals surface area contributed by atoms with Gasteiger partial charge in [-0.15, -0.1) is 0 Å². The predicted molar refractivity (Wildman–Crippen MR) is 136 cm³/mol. The van der Waals surface area contributed by atoms with Crippen molar-refractivity contribution >= 4 is 34.9 Å². The first kappa shape index (κ1) is 23.1. The van der Waals surface area contributed by atoms with Crippen LogP contribution in [0.5, 0.6) is 5.75 Å². The lowest BCUT2D eigenvalue weighted by Gasteiger charge is -2.47. The Bertz CT molecular complexity index is 1230. The van der Waals surface area contributed by atoms with Gasteiger partial charge in [-0.1, -0.05) is 59.6 Å². The molecule has 5 rings (SSSR count). The Hall–Kier alpha value is -2.69. The SMILES string of the molecule is COc1ccc([C@H]2Cc3ccccc3C23CCC(Nc2cccc(Cl)c2)(C(=O)O)CC3)c(Cl)c1. The quantitative estimate of drug-likeness (QED) is 0.396. The van der Waals surface area contributed by atoms with Crippen LogP contribution in [0, 0.1) is 0 Å². The van der Waals surface area contributed by atoms with E-state index in [-0.39, 0.29) is 11.3 Å². The van der Waals surface area contributed by atoms with Gasteiger partial charge in [-0.3, -0.25) is 0 Å². The summed E-state index contributed by atoms with van der Waals surface area (Å²) < 4.78 is 5.36. The molecular formula is C28H27Cl2NO3. The lowest BCUT2D eigenvalue weighted by molar-refractivity contribution is -0.144. The molecule has 0 radical (unpaired) electrons. The number of carboxylic acid groups (broad SMARTS) is 1. The molecule has 0 bridgehead atoms. The van der Waals surface area contributed by atoms with Crippen molar-refractivity contribution in [2.75, 3.05) is 12.4 Å². The zero-order valence-corrected chi connectivity index (χ0v) is 20.5. The van der Waals surface area contributed by atoms with Gasteiger partial charge in [-0.25, -0.2) is 4.79 Å². The second kappa shape index (κ2) is 8.83. The molecule has 1 spiro atoms. The average Bonchev–Trinajstić information content (AvgIpc) is 3.14. The van der Waals surface area contributed by atoms with Gasteiger partial charge in [0.15, 0.2) is 0 Å². The number of methoxy groups -OCH3 is 1. The number of hydrogen-bond acceptors (Lipinski definition) is 3. The van der Waals surface area contributed by atoms with Crippen LogP contribution in [-0.4, -0.2) is 23.7 Å². The van der Waals surface area contributed by atoms with E-state index in [1.54, 1.807) is 19.2 Å². The van der Waals surface area contributed by atoms with Crippen LogP contribution in [0.25, 0.3) is 0 Å². The zero-order valence-electron chi connectivity index (χ0n) is 19.0. The van der Waals surface area contributed by atoms with Crippen LogP contribution in [0.1, 0.15) is 48.3 Å². The van der Waals surface area contributed by atoms with Crippen molar-refractivity contribution in [2.45, 2.75) is 49.0 Å². The predicted octanol–water partition coefficient (Wildman–Crippen LogP) is 7.09. The van der Waals surface area contributed by atoms with Gasteiger partial charge in [0.05, 0.1) is 7.11 Å². The number of rotatable bonds is 5. The van der Waals surface area contributed by atoms with Gasteiger partial charge in [0.25, 0.3) is 0 Å². The van der Waals surface area contributed by atoms with E-state index in [4.69, 9.17) is 27.9 Å². The van der Waals surface area contributed by atoms with Crippen molar-refractivity contribution < 1.29 is 14.6 Å². The summed E-state index contributed by atoms with van der Waals surface area (Å²) >= 11 is 12.9. The summed E-state index contributed by atoms with van der Waals surface area (Å²) in [6.07, 6.45) is 3.40. The molecule has 0 unspecified atom stereocenters. The Balaban J connectivity index is 1.51. The molecule has 3 aromatic rings. The summed E-state index contributed by atoms with van der Waals surface area (Å²) in [5, 5.41) is 14.9. The van der Waals surface area contributed by atoms with E-state index in [9.17, 15) is 9.90 Å². The maximum atomic E-state index is 12.6. The number of anilines is 1. The second-order valence-electron chi connectivity index (χ2n) is 9.48. The number of carbonyl (C=O) groups is 1. The topological polar surface area (TPSA) is 58.6 Å². The number of ether oxygens (including phenoxy) is 1. The maximum Gasteiger partial charge on any atom is 0.329 e. The summed E-state index contributed by atoms with van der Waals surface area (Å²) in [6, 6.07) is 21.7. The van der Waals surface area contributed by atoms with E-state index in [1.807, 2.05) is 24.3 Å². The zero-order chi connectivity index (χ0) is 23.9. The smallest absolute Gasteiger partial charge is 0.329 e. The highest BCUT2D eigenvalue weighted by molar-refractivity contribution is 6.31. The van der Waals surface area contributed by atoms with Crippen molar-refractivity contribution in [3.05, 3.63) is 93.5 Å². The van der Waals surface area contributed by atoms with Crippen LogP contribution >= 0.6 is 23.2 Å². The van der Waals surface area contributed by atoms with Crippen LogP contribution in [0.3, 0.4) is 0 Å². The van der Waals surface area contributed by atoms with Crippen molar-refractivity contribution in [1.29, 1.82) is 0 Å². The molecule has 0 saturated heterocycles. The van der Waals surface area contributed by atoms with Gasteiger partial charge in [0.2, 0.25) is 0 Å². The van der Waals surface area contributed by atoms with E-state index in [2.05, 4.69) is 35.6 Å². The summed E-state index contributed by atoms with van der Waals surface area (Å²) in [6.45, 7) is 0.